The highest BCUT2D eigenvalue weighted by Crippen LogP contribution is 2.37. The Morgan fingerprint density at radius 3 is 2.47 bits per heavy atom. The number of nitrogens with two attached hydrogens (primary N) is 1. The Bertz CT molecular complexity index is 1340. The van der Waals surface area contributed by atoms with Gasteiger partial charge in [-0.1, -0.05) is 23.2 Å². The van der Waals surface area contributed by atoms with Crippen LogP contribution < -0.4 is 26.5 Å². The van der Waals surface area contributed by atoms with Gasteiger partial charge in [0.1, 0.15) is 17.3 Å². The summed E-state index contributed by atoms with van der Waals surface area (Å²) in [6.45, 7) is 5.99. The number of anilines is 5. The van der Waals surface area contributed by atoms with Crippen molar-refractivity contribution in [1.82, 2.24) is 14.9 Å². The predicted octanol–water partition coefficient (Wildman–Crippen LogP) is 4.20. The van der Waals surface area contributed by atoms with E-state index in [9.17, 15) is 15.2 Å². The third-order valence-corrected chi connectivity index (χ3v) is 6.61. The van der Waals surface area contributed by atoms with Crippen molar-refractivity contribution in [2.45, 2.75) is 19.4 Å². The molecule has 6 N–H and O–H groups in total. The number of likely N-dealkylation sites (N-methyl/N-ethyl adjacent to an activating group) is 1. The lowest BCUT2D eigenvalue weighted by atomic mass is 10.0. The van der Waals surface area contributed by atoms with Gasteiger partial charge >= 0.3 is 0 Å². The smallest absolute Gasteiger partial charge is 0.241 e. The van der Waals surface area contributed by atoms with Gasteiger partial charge in [0.15, 0.2) is 5.82 Å². The van der Waals surface area contributed by atoms with Crippen LogP contribution in [0.5, 0.6) is 0 Å². The number of amides is 1. The average molecular weight is 561 g/mol. The molecule has 38 heavy (non-hydrogen) atoms. The van der Waals surface area contributed by atoms with E-state index in [1.807, 2.05) is 37.9 Å². The molecule has 1 saturated heterocycles. The first-order valence-corrected chi connectivity index (χ1v) is 12.6. The number of carbonyl (C=O) groups is 1. The summed E-state index contributed by atoms with van der Waals surface area (Å²) < 4.78 is 0. The Morgan fingerprint density at radius 1 is 1.08 bits per heavy atom. The molecule has 13 heteroatoms. The molecule has 0 bridgehead atoms. The third-order valence-electron chi connectivity index (χ3n) is 6.06. The molecule has 3 aromatic rings. The molecule has 0 saturated carbocycles. The molecule has 0 aliphatic carbocycles. The Balaban J connectivity index is 1.60. The van der Waals surface area contributed by atoms with Gasteiger partial charge in [0, 0.05) is 30.2 Å². The summed E-state index contributed by atoms with van der Waals surface area (Å²) in [5.74, 6) is 1.00. The average Bonchev–Trinajstić information content (AvgIpc) is 2.83. The maximum absolute atomic E-state index is 12.9. The van der Waals surface area contributed by atoms with Crippen LogP contribution in [0.15, 0.2) is 42.5 Å². The van der Waals surface area contributed by atoms with Crippen LogP contribution in [0.2, 0.25) is 10.0 Å². The summed E-state index contributed by atoms with van der Waals surface area (Å²) in [4.78, 5) is 25.6. The van der Waals surface area contributed by atoms with Gasteiger partial charge in [0.2, 0.25) is 5.91 Å². The fourth-order valence-corrected chi connectivity index (χ4v) is 4.60. The second-order valence-electron chi connectivity index (χ2n) is 9.72. The van der Waals surface area contributed by atoms with E-state index in [4.69, 9.17) is 33.9 Å². The predicted molar refractivity (Wildman–Crippen MR) is 150 cm³/mol. The van der Waals surface area contributed by atoms with E-state index in [1.165, 1.54) is 6.07 Å². The van der Waals surface area contributed by atoms with Crippen LogP contribution in [-0.2, 0) is 4.79 Å². The summed E-state index contributed by atoms with van der Waals surface area (Å²) in [5.41, 5.74) is 7.17. The lowest BCUT2D eigenvalue weighted by Crippen LogP contribution is -2.49. The SMILES string of the molecule is CN1CCN(c2ccc(NC(C)(C)CNc3ccc(N(O)O)c(N)n3)nc2-c2ccc(Cl)cc2Cl)C(=O)C1. The number of halogens is 2. The molecule has 0 radical (unpaired) electrons. The summed E-state index contributed by atoms with van der Waals surface area (Å²) in [6, 6.07) is 11.9. The molecule has 1 aliphatic heterocycles. The number of carbonyl (C=O) groups excluding carboxylic acids is 1. The Kier molecular flexibility index (Phi) is 8.14. The first kappa shape index (κ1) is 27.7. The van der Waals surface area contributed by atoms with Crippen molar-refractivity contribution in [3.05, 3.63) is 52.5 Å². The van der Waals surface area contributed by atoms with Crippen LogP contribution >= 0.6 is 23.2 Å². The standard InChI is InChI=1S/C25H30Cl2N8O3/c1-25(2,14-29-20-8-7-19(35(37)38)24(28)31-20)32-21-9-6-18(34-11-10-33(3)13-22(34)36)23(30-21)16-5-4-15(26)12-17(16)27/h4-9,12,37-38H,10-11,13-14H2,1-3H3,(H,30,32)(H3,28,29,31). The fraction of sp³-hybridized carbons (Fsp3) is 0.320. The summed E-state index contributed by atoms with van der Waals surface area (Å²) in [6.07, 6.45) is 0. The van der Waals surface area contributed by atoms with Crippen molar-refractivity contribution in [3.63, 3.8) is 0 Å². The zero-order valence-corrected chi connectivity index (χ0v) is 22.8. The highest BCUT2D eigenvalue weighted by Gasteiger charge is 2.27. The second-order valence-corrected chi connectivity index (χ2v) is 10.6. The molecular weight excluding hydrogens is 531 g/mol. The monoisotopic (exact) mass is 560 g/mol. The number of benzene rings is 1. The molecule has 0 unspecified atom stereocenters. The maximum Gasteiger partial charge on any atom is 0.241 e. The topological polar surface area (TPSA) is 143 Å². The number of nitrogens with one attached hydrogen (secondary N) is 2. The number of rotatable bonds is 8. The zero-order chi connectivity index (χ0) is 27.6. The summed E-state index contributed by atoms with van der Waals surface area (Å²) in [7, 11) is 1.92. The van der Waals surface area contributed by atoms with Crippen LogP contribution in [0.1, 0.15) is 13.8 Å². The minimum Gasteiger partial charge on any atom is -0.382 e. The maximum atomic E-state index is 12.9. The summed E-state index contributed by atoms with van der Waals surface area (Å²) in [5, 5.41) is 25.8. The van der Waals surface area contributed by atoms with Gasteiger partial charge in [-0.25, -0.2) is 9.97 Å². The molecule has 2 aromatic heterocycles. The number of nitrogens with zero attached hydrogens (tertiary/aromatic N) is 5. The van der Waals surface area contributed by atoms with Gasteiger partial charge in [-0.15, -0.1) is 5.23 Å². The molecule has 1 aliphatic rings. The van der Waals surface area contributed by atoms with E-state index < -0.39 is 5.54 Å². The second kappa shape index (κ2) is 11.2. The van der Waals surface area contributed by atoms with Crippen LogP contribution in [0, 0.1) is 0 Å². The fourth-order valence-electron chi connectivity index (χ4n) is 4.10. The van der Waals surface area contributed by atoms with Gasteiger partial charge in [-0.3, -0.25) is 20.1 Å². The highest BCUT2D eigenvalue weighted by molar-refractivity contribution is 6.36. The van der Waals surface area contributed by atoms with Gasteiger partial charge in [0.25, 0.3) is 0 Å². The normalized spacial score (nSPS) is 14.5. The van der Waals surface area contributed by atoms with Crippen molar-refractivity contribution < 1.29 is 15.2 Å². The van der Waals surface area contributed by atoms with E-state index >= 15 is 0 Å². The van der Waals surface area contributed by atoms with Crippen molar-refractivity contribution in [2.75, 3.05) is 59.7 Å². The molecule has 0 spiro atoms. The van der Waals surface area contributed by atoms with E-state index in [-0.39, 0.29) is 22.6 Å². The number of nitrogen functional groups attached to an aromatic ring is 1. The molecule has 3 heterocycles. The quantitative estimate of drug-likeness (QED) is 0.254. The first-order valence-electron chi connectivity index (χ1n) is 11.9. The largest absolute Gasteiger partial charge is 0.382 e. The van der Waals surface area contributed by atoms with Gasteiger partial charge in [0.05, 0.1) is 28.5 Å². The molecule has 0 atom stereocenters. The van der Waals surface area contributed by atoms with Crippen molar-refractivity contribution >= 4 is 57.9 Å². The minimum absolute atomic E-state index is 0.0135. The first-order chi connectivity index (χ1) is 17.9. The van der Waals surface area contributed by atoms with E-state index in [2.05, 4.69) is 15.6 Å². The molecule has 11 nitrogen and oxygen atoms in total. The number of hydrogen-bond donors (Lipinski definition) is 5. The number of hydrogen-bond acceptors (Lipinski definition) is 10. The zero-order valence-electron chi connectivity index (χ0n) is 21.2. The van der Waals surface area contributed by atoms with Gasteiger partial charge < -0.3 is 21.3 Å². The molecular formula is C25H30Cl2N8O3. The Morgan fingerprint density at radius 2 is 1.82 bits per heavy atom. The number of pyridine rings is 2. The number of piperazine rings is 1. The Labute approximate surface area is 230 Å². The van der Waals surface area contributed by atoms with Gasteiger partial charge in [-0.2, -0.15) is 0 Å². The van der Waals surface area contributed by atoms with Crippen LogP contribution in [-0.4, -0.2) is 70.0 Å². The van der Waals surface area contributed by atoms with Crippen LogP contribution in [0.4, 0.5) is 28.8 Å². The number of aromatic nitrogens is 2. The van der Waals surface area contributed by atoms with E-state index in [0.29, 0.717) is 58.3 Å². The van der Waals surface area contributed by atoms with Crippen molar-refractivity contribution in [2.24, 2.45) is 0 Å². The van der Waals surface area contributed by atoms with Crippen LogP contribution in [0.25, 0.3) is 11.3 Å². The lowest BCUT2D eigenvalue weighted by Gasteiger charge is -2.33. The minimum atomic E-state index is -0.506. The molecule has 1 aromatic carbocycles. The van der Waals surface area contributed by atoms with E-state index in [0.717, 1.165) is 6.54 Å². The van der Waals surface area contributed by atoms with Gasteiger partial charge in [-0.05, 0) is 63.4 Å². The van der Waals surface area contributed by atoms with Crippen LogP contribution in [0.3, 0.4) is 0 Å². The van der Waals surface area contributed by atoms with Crippen molar-refractivity contribution in [1.29, 1.82) is 0 Å². The van der Waals surface area contributed by atoms with E-state index in [1.54, 1.807) is 29.2 Å². The molecule has 202 valence electrons. The molecule has 1 fully saturated rings. The molecule has 4 rings (SSSR count). The van der Waals surface area contributed by atoms with Crippen molar-refractivity contribution in [3.8, 4) is 11.3 Å². The highest BCUT2D eigenvalue weighted by atomic mass is 35.5. The Hall–Kier alpha value is -3.35. The lowest BCUT2D eigenvalue weighted by molar-refractivity contribution is -0.120. The molecule has 1 amide bonds. The third kappa shape index (κ3) is 6.37. The summed E-state index contributed by atoms with van der Waals surface area (Å²) >= 11 is 12.7.